The van der Waals surface area contributed by atoms with E-state index in [2.05, 4.69) is 4.90 Å². The maximum Gasteiger partial charge on any atom is 0.269 e. The summed E-state index contributed by atoms with van der Waals surface area (Å²) in [6, 6.07) is 6.20. The highest BCUT2D eigenvalue weighted by atomic mass is 16.6. The van der Waals surface area contributed by atoms with Gasteiger partial charge in [-0.25, -0.2) is 0 Å². The molecule has 2 aliphatic heterocycles. The molecule has 0 aliphatic carbocycles. The minimum Gasteiger partial charge on any atom is -0.334 e. The summed E-state index contributed by atoms with van der Waals surface area (Å²) in [4.78, 5) is 27.3. The molecular formula is C16H21N3O3. The summed E-state index contributed by atoms with van der Waals surface area (Å²) in [7, 11) is 0. The molecule has 2 fully saturated rings. The van der Waals surface area contributed by atoms with E-state index in [-0.39, 0.29) is 17.6 Å². The van der Waals surface area contributed by atoms with Gasteiger partial charge in [0.05, 0.1) is 4.92 Å². The average molecular weight is 303 g/mol. The largest absolute Gasteiger partial charge is 0.334 e. The first-order valence-electron chi connectivity index (χ1n) is 7.93. The molecule has 0 bridgehead atoms. The first-order valence-corrected chi connectivity index (χ1v) is 7.93. The molecule has 1 aromatic carbocycles. The van der Waals surface area contributed by atoms with Crippen LogP contribution in [0.5, 0.6) is 0 Å². The fraction of sp³-hybridized carbons (Fsp3) is 0.562. The van der Waals surface area contributed by atoms with Gasteiger partial charge in [0.15, 0.2) is 0 Å². The van der Waals surface area contributed by atoms with Gasteiger partial charge in [-0.3, -0.25) is 14.9 Å². The third-order valence-electron chi connectivity index (χ3n) is 4.63. The fourth-order valence-corrected chi connectivity index (χ4v) is 3.45. The lowest BCUT2D eigenvalue weighted by atomic mass is 10.1. The number of nitro benzene ring substituents is 1. The summed E-state index contributed by atoms with van der Waals surface area (Å²) < 4.78 is 0. The molecule has 6 heteroatoms. The second kappa shape index (κ2) is 6.44. The van der Waals surface area contributed by atoms with E-state index in [9.17, 15) is 14.9 Å². The summed E-state index contributed by atoms with van der Waals surface area (Å²) in [5, 5.41) is 10.7. The van der Waals surface area contributed by atoms with Gasteiger partial charge in [-0.15, -0.1) is 0 Å². The van der Waals surface area contributed by atoms with Crippen molar-refractivity contribution < 1.29 is 9.72 Å². The molecule has 2 aliphatic rings. The Labute approximate surface area is 129 Å². The van der Waals surface area contributed by atoms with Crippen LogP contribution in [0.2, 0.25) is 0 Å². The van der Waals surface area contributed by atoms with Crippen LogP contribution in [0.25, 0.3) is 0 Å². The summed E-state index contributed by atoms with van der Waals surface area (Å²) in [5.74, 6) is -0.00315. The Morgan fingerprint density at radius 2 is 1.82 bits per heavy atom. The molecule has 2 heterocycles. The summed E-state index contributed by atoms with van der Waals surface area (Å²) in [6.07, 6.45) is 4.60. The van der Waals surface area contributed by atoms with Crippen LogP contribution in [0.3, 0.4) is 0 Å². The maximum atomic E-state index is 12.6. The summed E-state index contributed by atoms with van der Waals surface area (Å²) in [6.45, 7) is 4.01. The molecule has 0 saturated carbocycles. The monoisotopic (exact) mass is 303 g/mol. The van der Waals surface area contributed by atoms with Crippen molar-refractivity contribution in [2.24, 2.45) is 0 Å². The van der Waals surface area contributed by atoms with Crippen molar-refractivity contribution >= 4 is 11.6 Å². The quantitative estimate of drug-likeness (QED) is 0.632. The number of carbonyl (C=O) groups is 1. The van der Waals surface area contributed by atoms with Gasteiger partial charge in [0.1, 0.15) is 0 Å². The summed E-state index contributed by atoms with van der Waals surface area (Å²) >= 11 is 0. The number of benzene rings is 1. The van der Waals surface area contributed by atoms with Crippen molar-refractivity contribution in [1.82, 2.24) is 9.80 Å². The molecule has 3 rings (SSSR count). The van der Waals surface area contributed by atoms with Crippen LogP contribution < -0.4 is 0 Å². The van der Waals surface area contributed by atoms with Crippen molar-refractivity contribution in [2.75, 3.05) is 26.2 Å². The summed E-state index contributed by atoms with van der Waals surface area (Å²) in [5.41, 5.74) is 0.561. The van der Waals surface area contributed by atoms with E-state index in [0.29, 0.717) is 5.56 Å². The zero-order valence-electron chi connectivity index (χ0n) is 12.6. The van der Waals surface area contributed by atoms with Gasteiger partial charge in [-0.2, -0.15) is 0 Å². The lowest BCUT2D eigenvalue weighted by Crippen LogP contribution is -2.42. The molecule has 1 amide bonds. The fourth-order valence-electron chi connectivity index (χ4n) is 3.45. The number of likely N-dealkylation sites (tertiary alicyclic amines) is 2. The molecule has 22 heavy (non-hydrogen) atoms. The van der Waals surface area contributed by atoms with Crippen LogP contribution in [0.15, 0.2) is 24.3 Å². The number of non-ortho nitro benzene ring substituents is 1. The van der Waals surface area contributed by atoms with Crippen LogP contribution in [0.4, 0.5) is 5.69 Å². The highest BCUT2D eigenvalue weighted by Crippen LogP contribution is 2.23. The molecule has 1 atom stereocenters. The van der Waals surface area contributed by atoms with Gasteiger partial charge in [0.2, 0.25) is 0 Å². The second-order valence-corrected chi connectivity index (χ2v) is 6.11. The van der Waals surface area contributed by atoms with E-state index in [1.165, 1.54) is 25.0 Å². The van der Waals surface area contributed by atoms with Crippen LogP contribution in [0, 0.1) is 10.1 Å². The highest BCUT2D eigenvalue weighted by Gasteiger charge is 2.31. The molecule has 0 N–H and O–H groups in total. The van der Waals surface area contributed by atoms with Crippen LogP contribution in [-0.2, 0) is 0 Å². The van der Waals surface area contributed by atoms with Crippen LogP contribution >= 0.6 is 0 Å². The molecule has 0 aromatic heterocycles. The second-order valence-electron chi connectivity index (χ2n) is 6.11. The molecule has 6 nitrogen and oxygen atoms in total. The normalized spacial score (nSPS) is 22.2. The number of amides is 1. The third kappa shape index (κ3) is 3.11. The van der Waals surface area contributed by atoms with Crippen molar-refractivity contribution in [3.05, 3.63) is 39.9 Å². The van der Waals surface area contributed by atoms with Gasteiger partial charge < -0.3 is 9.80 Å². The predicted molar refractivity (Wildman–Crippen MR) is 82.8 cm³/mol. The Morgan fingerprint density at radius 1 is 1.14 bits per heavy atom. The minimum atomic E-state index is -0.444. The minimum absolute atomic E-state index is 0.00315. The van der Waals surface area contributed by atoms with Crippen molar-refractivity contribution in [1.29, 1.82) is 0 Å². The standard InChI is InChI=1S/C16H21N3O3/c20-16(13-5-7-14(8-6-13)19(21)22)18-11-3-4-15(18)12-17-9-1-2-10-17/h5-8,15H,1-4,9-12H2. The number of carbonyl (C=O) groups excluding carboxylic acids is 1. The Bertz CT molecular complexity index is 552. The van der Waals surface area contributed by atoms with E-state index in [4.69, 9.17) is 0 Å². The SMILES string of the molecule is O=C(c1ccc([N+](=O)[O-])cc1)N1CCCC1CN1CCCC1. The number of nitro groups is 1. The van der Waals surface area contributed by atoms with Gasteiger partial charge in [0.25, 0.3) is 11.6 Å². The first kappa shape index (κ1) is 15.0. The molecule has 0 radical (unpaired) electrons. The number of hydrogen-bond donors (Lipinski definition) is 0. The van der Waals surface area contributed by atoms with Gasteiger partial charge >= 0.3 is 0 Å². The van der Waals surface area contributed by atoms with Crippen LogP contribution in [0.1, 0.15) is 36.0 Å². The average Bonchev–Trinajstić information content (AvgIpc) is 3.19. The van der Waals surface area contributed by atoms with E-state index in [0.717, 1.165) is 39.0 Å². The van der Waals surface area contributed by atoms with Gasteiger partial charge in [-0.05, 0) is 50.9 Å². The van der Waals surface area contributed by atoms with Crippen molar-refractivity contribution in [2.45, 2.75) is 31.7 Å². The highest BCUT2D eigenvalue weighted by molar-refractivity contribution is 5.94. The van der Waals surface area contributed by atoms with Crippen LogP contribution in [-0.4, -0.2) is 52.9 Å². The zero-order valence-corrected chi connectivity index (χ0v) is 12.6. The molecule has 0 spiro atoms. The Morgan fingerprint density at radius 3 is 2.45 bits per heavy atom. The lowest BCUT2D eigenvalue weighted by Gasteiger charge is -2.28. The number of rotatable bonds is 4. The van der Waals surface area contributed by atoms with E-state index >= 15 is 0 Å². The van der Waals surface area contributed by atoms with E-state index in [1.54, 1.807) is 12.1 Å². The topological polar surface area (TPSA) is 66.7 Å². The molecule has 118 valence electrons. The third-order valence-corrected chi connectivity index (χ3v) is 4.63. The Kier molecular flexibility index (Phi) is 4.38. The smallest absolute Gasteiger partial charge is 0.269 e. The van der Waals surface area contributed by atoms with E-state index < -0.39 is 4.92 Å². The van der Waals surface area contributed by atoms with Crippen molar-refractivity contribution in [3.8, 4) is 0 Å². The zero-order chi connectivity index (χ0) is 15.5. The number of nitrogens with zero attached hydrogens (tertiary/aromatic N) is 3. The van der Waals surface area contributed by atoms with E-state index in [1.807, 2.05) is 4.90 Å². The molecule has 1 aromatic rings. The van der Waals surface area contributed by atoms with Gasteiger partial charge in [0, 0.05) is 36.8 Å². The Balaban J connectivity index is 1.68. The maximum absolute atomic E-state index is 12.6. The lowest BCUT2D eigenvalue weighted by molar-refractivity contribution is -0.384. The molecular weight excluding hydrogens is 282 g/mol. The first-order chi connectivity index (χ1) is 10.6. The Hall–Kier alpha value is -1.95. The van der Waals surface area contributed by atoms with Crippen molar-refractivity contribution in [3.63, 3.8) is 0 Å². The predicted octanol–water partition coefficient (Wildman–Crippen LogP) is 2.30. The number of hydrogen-bond acceptors (Lipinski definition) is 4. The molecule has 2 saturated heterocycles. The van der Waals surface area contributed by atoms with Gasteiger partial charge in [-0.1, -0.05) is 0 Å². The molecule has 1 unspecified atom stereocenters.